The number of benzene rings is 2. The van der Waals surface area contributed by atoms with Crippen molar-refractivity contribution < 1.29 is 9.53 Å². The number of nitrogens with zero attached hydrogens (tertiary/aromatic N) is 2. The monoisotopic (exact) mass is 473 g/mol. The summed E-state index contributed by atoms with van der Waals surface area (Å²) in [5.41, 5.74) is 3.05. The maximum Gasteiger partial charge on any atom is 0.272 e. The van der Waals surface area contributed by atoms with Gasteiger partial charge in [0.15, 0.2) is 5.16 Å². The zero-order chi connectivity index (χ0) is 22.0. The minimum atomic E-state index is -0.245. The number of aromatic nitrogens is 2. The highest BCUT2D eigenvalue weighted by Crippen LogP contribution is 2.31. The van der Waals surface area contributed by atoms with E-state index in [1.807, 2.05) is 31.2 Å². The summed E-state index contributed by atoms with van der Waals surface area (Å²) >= 11 is 8.80. The maximum absolute atomic E-state index is 13.2. The van der Waals surface area contributed by atoms with E-state index in [0.717, 1.165) is 29.1 Å². The van der Waals surface area contributed by atoms with E-state index in [2.05, 4.69) is 5.32 Å². The molecule has 0 saturated carbocycles. The molecule has 9 heteroatoms. The first-order valence-corrected chi connectivity index (χ1v) is 11.9. The Morgan fingerprint density at radius 1 is 1.29 bits per heavy atom. The smallest absolute Gasteiger partial charge is 0.272 e. The molecule has 4 rings (SSSR count). The molecule has 0 saturated heterocycles. The predicted octanol–water partition coefficient (Wildman–Crippen LogP) is 4.58. The summed E-state index contributed by atoms with van der Waals surface area (Å²) in [7, 11) is 1.53. The fourth-order valence-electron chi connectivity index (χ4n) is 3.20. The van der Waals surface area contributed by atoms with Crippen LogP contribution in [0, 0.1) is 6.92 Å². The Labute approximate surface area is 193 Å². The number of amides is 1. The van der Waals surface area contributed by atoms with E-state index >= 15 is 0 Å². The average Bonchev–Trinajstić information content (AvgIpc) is 3.22. The third-order valence-electron chi connectivity index (χ3n) is 4.73. The van der Waals surface area contributed by atoms with Gasteiger partial charge in [0.25, 0.3) is 5.56 Å². The SMILES string of the molecule is COc1ccc(Cl)cc1NC(=O)CSc1nc2c(c(=O)n1-c1ccc(C)cc1)SCC2. The second-order valence-corrected chi connectivity index (χ2v) is 9.41. The van der Waals surface area contributed by atoms with E-state index in [4.69, 9.17) is 21.3 Å². The highest BCUT2D eigenvalue weighted by atomic mass is 35.5. The van der Waals surface area contributed by atoms with Crippen molar-refractivity contribution in [3.8, 4) is 11.4 Å². The molecule has 0 fully saturated rings. The van der Waals surface area contributed by atoms with Crippen molar-refractivity contribution in [3.63, 3.8) is 0 Å². The summed E-state index contributed by atoms with van der Waals surface area (Å²) < 4.78 is 6.87. The van der Waals surface area contributed by atoms with Gasteiger partial charge >= 0.3 is 0 Å². The lowest BCUT2D eigenvalue weighted by molar-refractivity contribution is -0.113. The number of hydrogen-bond donors (Lipinski definition) is 1. The number of halogens is 1. The molecule has 0 bridgehead atoms. The van der Waals surface area contributed by atoms with Gasteiger partial charge in [0, 0.05) is 17.2 Å². The van der Waals surface area contributed by atoms with Crippen LogP contribution in [-0.4, -0.2) is 34.1 Å². The van der Waals surface area contributed by atoms with E-state index in [0.29, 0.717) is 26.5 Å². The Kier molecular flexibility index (Phi) is 6.60. The van der Waals surface area contributed by atoms with Crippen molar-refractivity contribution >= 4 is 46.7 Å². The number of carbonyl (C=O) groups excluding carboxylic acids is 1. The number of rotatable bonds is 6. The van der Waals surface area contributed by atoms with Crippen LogP contribution < -0.4 is 15.6 Å². The largest absolute Gasteiger partial charge is 0.495 e. The van der Waals surface area contributed by atoms with Crippen LogP contribution in [0.1, 0.15) is 11.3 Å². The van der Waals surface area contributed by atoms with Gasteiger partial charge in [-0.15, -0.1) is 11.8 Å². The van der Waals surface area contributed by atoms with Crippen molar-refractivity contribution in [1.82, 2.24) is 9.55 Å². The van der Waals surface area contributed by atoms with Crippen LogP contribution >= 0.6 is 35.1 Å². The van der Waals surface area contributed by atoms with Gasteiger partial charge in [-0.2, -0.15) is 0 Å². The van der Waals surface area contributed by atoms with Gasteiger partial charge in [0.05, 0.1) is 34.8 Å². The number of carbonyl (C=O) groups is 1. The molecule has 31 heavy (non-hydrogen) atoms. The number of fused-ring (bicyclic) bond motifs is 1. The third kappa shape index (κ3) is 4.76. The number of anilines is 1. The van der Waals surface area contributed by atoms with Crippen LogP contribution in [0.3, 0.4) is 0 Å². The van der Waals surface area contributed by atoms with Gasteiger partial charge in [0.2, 0.25) is 5.91 Å². The molecule has 1 aliphatic rings. The molecule has 1 aliphatic heterocycles. The van der Waals surface area contributed by atoms with Gasteiger partial charge in [-0.3, -0.25) is 14.2 Å². The fraction of sp³-hybridized carbons (Fsp3) is 0.227. The van der Waals surface area contributed by atoms with E-state index in [-0.39, 0.29) is 17.2 Å². The summed E-state index contributed by atoms with van der Waals surface area (Å²) in [6, 6.07) is 12.7. The van der Waals surface area contributed by atoms with Gasteiger partial charge in [-0.05, 0) is 37.3 Å². The molecule has 0 atom stereocenters. The van der Waals surface area contributed by atoms with E-state index in [1.165, 1.54) is 30.6 Å². The topological polar surface area (TPSA) is 73.2 Å². The van der Waals surface area contributed by atoms with Crippen LogP contribution in [0.25, 0.3) is 5.69 Å². The first-order valence-electron chi connectivity index (χ1n) is 9.58. The summed E-state index contributed by atoms with van der Waals surface area (Å²) in [6.07, 6.45) is 0.753. The number of aryl methyl sites for hydroxylation is 2. The lowest BCUT2D eigenvalue weighted by Crippen LogP contribution is -2.24. The minimum Gasteiger partial charge on any atom is -0.495 e. The lowest BCUT2D eigenvalue weighted by Gasteiger charge is -2.14. The number of methoxy groups -OCH3 is 1. The minimum absolute atomic E-state index is 0.0832. The molecule has 2 heterocycles. The first-order chi connectivity index (χ1) is 15.0. The standard InChI is InChI=1S/C22H20ClN3O3S2/c1-13-3-6-15(7-4-13)26-21(28)20-16(9-10-30-20)25-22(26)31-12-19(27)24-17-11-14(23)5-8-18(17)29-2/h3-8,11H,9-10,12H2,1-2H3,(H,24,27). The normalized spacial score (nSPS) is 12.5. The molecule has 0 spiro atoms. The fourth-order valence-corrected chi connectivity index (χ4v) is 5.23. The van der Waals surface area contributed by atoms with Gasteiger partial charge < -0.3 is 10.1 Å². The first kappa shape index (κ1) is 21.8. The van der Waals surface area contributed by atoms with E-state index in [9.17, 15) is 9.59 Å². The highest BCUT2D eigenvalue weighted by Gasteiger charge is 2.23. The molecule has 0 radical (unpaired) electrons. The number of nitrogens with one attached hydrogen (secondary N) is 1. The van der Waals surface area contributed by atoms with Crippen LogP contribution in [0.5, 0.6) is 5.75 Å². The maximum atomic E-state index is 13.2. The van der Waals surface area contributed by atoms with Crippen molar-refractivity contribution in [2.45, 2.75) is 23.4 Å². The predicted molar refractivity (Wildman–Crippen MR) is 126 cm³/mol. The van der Waals surface area contributed by atoms with E-state index < -0.39 is 0 Å². The summed E-state index contributed by atoms with van der Waals surface area (Å²) in [4.78, 5) is 31.2. The molecule has 2 aromatic carbocycles. The lowest BCUT2D eigenvalue weighted by atomic mass is 10.2. The number of hydrogen-bond acceptors (Lipinski definition) is 6. The molecule has 0 unspecified atom stereocenters. The molecule has 160 valence electrons. The van der Waals surface area contributed by atoms with Crippen molar-refractivity contribution in [2.24, 2.45) is 0 Å². The zero-order valence-corrected chi connectivity index (χ0v) is 19.4. The highest BCUT2D eigenvalue weighted by molar-refractivity contribution is 8.00. The van der Waals surface area contributed by atoms with Gasteiger partial charge in [-0.1, -0.05) is 41.1 Å². The Bertz CT molecular complexity index is 1200. The van der Waals surface area contributed by atoms with Crippen LogP contribution in [0.15, 0.2) is 57.3 Å². The number of thioether (sulfide) groups is 2. The Morgan fingerprint density at radius 3 is 2.81 bits per heavy atom. The third-order valence-corrected chi connectivity index (χ3v) is 7.01. The van der Waals surface area contributed by atoms with Gasteiger partial charge in [-0.25, -0.2) is 4.98 Å². The summed E-state index contributed by atoms with van der Waals surface area (Å²) in [5, 5.41) is 3.82. The molecular formula is C22H20ClN3O3S2. The molecule has 1 N–H and O–H groups in total. The van der Waals surface area contributed by atoms with Gasteiger partial charge in [0.1, 0.15) is 5.75 Å². The molecule has 1 aromatic heterocycles. The Hall–Kier alpha value is -2.42. The van der Waals surface area contributed by atoms with Crippen LogP contribution in [0.2, 0.25) is 5.02 Å². The molecule has 0 aliphatic carbocycles. The molecule has 1 amide bonds. The molecular weight excluding hydrogens is 454 g/mol. The number of ether oxygens (including phenoxy) is 1. The second-order valence-electron chi connectivity index (χ2n) is 6.93. The zero-order valence-electron chi connectivity index (χ0n) is 17.0. The van der Waals surface area contributed by atoms with Crippen molar-refractivity contribution in [3.05, 3.63) is 69.1 Å². The molecule has 3 aromatic rings. The van der Waals surface area contributed by atoms with Crippen molar-refractivity contribution in [1.29, 1.82) is 0 Å². The van der Waals surface area contributed by atoms with Crippen LogP contribution in [0.4, 0.5) is 5.69 Å². The van der Waals surface area contributed by atoms with E-state index in [1.54, 1.807) is 22.8 Å². The Balaban J connectivity index is 1.60. The average molecular weight is 474 g/mol. The molecule has 6 nitrogen and oxygen atoms in total. The summed E-state index contributed by atoms with van der Waals surface area (Å²) in [6.45, 7) is 1.99. The van der Waals surface area contributed by atoms with Crippen molar-refractivity contribution in [2.75, 3.05) is 23.9 Å². The van der Waals surface area contributed by atoms with Crippen LogP contribution in [-0.2, 0) is 11.2 Å². The second kappa shape index (κ2) is 9.38. The summed E-state index contributed by atoms with van der Waals surface area (Å²) in [5.74, 6) is 1.20. The quantitative estimate of drug-likeness (QED) is 0.417. The Morgan fingerprint density at radius 2 is 2.06 bits per heavy atom.